The highest BCUT2D eigenvalue weighted by Gasteiger charge is 2.27. The first-order valence-electron chi connectivity index (χ1n) is 13.9. The molecule has 2 aromatic carbocycles. The molecule has 0 atom stereocenters. The molecule has 2 aliphatic rings. The second-order valence-corrected chi connectivity index (χ2v) is 10.8. The van der Waals surface area contributed by atoms with Crippen LogP contribution in [0.5, 0.6) is 5.75 Å². The van der Waals surface area contributed by atoms with Crippen molar-refractivity contribution >= 4 is 0 Å². The predicted octanol–water partition coefficient (Wildman–Crippen LogP) is 9.48. The Hall–Kier alpha value is -1.97. The van der Waals surface area contributed by atoms with Gasteiger partial charge in [-0.05, 0) is 118 Å². The van der Waals surface area contributed by atoms with Gasteiger partial charge >= 0.3 is 0 Å². The van der Waals surface area contributed by atoms with Crippen LogP contribution < -0.4 is 4.74 Å². The largest absolute Gasteiger partial charge is 0.494 e. The number of aryl methyl sites for hydroxylation is 1. The highest BCUT2D eigenvalue weighted by Crippen LogP contribution is 2.41. The molecule has 0 radical (unpaired) electrons. The van der Waals surface area contributed by atoms with Crippen LogP contribution in [0.4, 0.5) is 13.2 Å². The van der Waals surface area contributed by atoms with E-state index in [4.69, 9.17) is 4.74 Å². The molecule has 2 fully saturated rings. The van der Waals surface area contributed by atoms with Gasteiger partial charge in [-0.2, -0.15) is 0 Å². The molecular formula is C31H41F3O. The average Bonchev–Trinajstić information content (AvgIpc) is 2.87. The number of hydrogen-bond donors (Lipinski definition) is 0. The van der Waals surface area contributed by atoms with Gasteiger partial charge in [0, 0.05) is 6.07 Å². The summed E-state index contributed by atoms with van der Waals surface area (Å²) in [5.74, 6) is 0.757. The predicted molar refractivity (Wildman–Crippen MR) is 137 cm³/mol. The third-order valence-electron chi connectivity index (χ3n) is 8.57. The molecule has 2 saturated carbocycles. The zero-order valence-corrected chi connectivity index (χ0v) is 21.4. The second kappa shape index (κ2) is 12.3. The van der Waals surface area contributed by atoms with Crippen molar-refractivity contribution in [1.82, 2.24) is 0 Å². The van der Waals surface area contributed by atoms with Gasteiger partial charge in [0.2, 0.25) is 0 Å². The van der Waals surface area contributed by atoms with Crippen LogP contribution in [0.2, 0.25) is 0 Å². The quantitative estimate of drug-likeness (QED) is 0.343. The molecule has 0 saturated heterocycles. The first-order valence-corrected chi connectivity index (χ1v) is 13.9. The van der Waals surface area contributed by atoms with E-state index in [0.29, 0.717) is 35.8 Å². The average molecular weight is 487 g/mol. The Morgan fingerprint density at radius 1 is 0.714 bits per heavy atom. The summed E-state index contributed by atoms with van der Waals surface area (Å²) < 4.78 is 49.9. The molecule has 1 nitrogen and oxygen atoms in total. The lowest BCUT2D eigenvalue weighted by molar-refractivity contribution is 0.300. The van der Waals surface area contributed by atoms with Crippen LogP contribution in [0, 0.1) is 29.3 Å². The van der Waals surface area contributed by atoms with Gasteiger partial charge in [-0.15, -0.1) is 0 Å². The highest BCUT2D eigenvalue weighted by atomic mass is 19.2. The lowest BCUT2D eigenvalue weighted by Crippen LogP contribution is -2.16. The van der Waals surface area contributed by atoms with E-state index in [2.05, 4.69) is 6.92 Å². The van der Waals surface area contributed by atoms with Crippen molar-refractivity contribution < 1.29 is 17.9 Å². The lowest BCUT2D eigenvalue weighted by Gasteiger charge is -2.30. The van der Waals surface area contributed by atoms with Gasteiger partial charge in [-0.3, -0.25) is 0 Å². The Balaban J connectivity index is 1.28. The van der Waals surface area contributed by atoms with Gasteiger partial charge < -0.3 is 4.74 Å². The van der Waals surface area contributed by atoms with E-state index in [1.54, 1.807) is 0 Å². The minimum Gasteiger partial charge on any atom is -0.494 e. The van der Waals surface area contributed by atoms with Crippen LogP contribution in [0.1, 0.15) is 113 Å². The minimum absolute atomic E-state index is 0.157. The maximum Gasteiger partial charge on any atom is 0.162 e. The summed E-state index contributed by atoms with van der Waals surface area (Å²) in [5.41, 5.74) is 1.86. The van der Waals surface area contributed by atoms with Crippen molar-refractivity contribution in [3.8, 4) is 5.75 Å². The molecular weight excluding hydrogens is 445 g/mol. The highest BCUT2D eigenvalue weighted by molar-refractivity contribution is 5.32. The maximum absolute atomic E-state index is 15.0. The van der Waals surface area contributed by atoms with E-state index in [9.17, 15) is 13.2 Å². The number of benzene rings is 2. The van der Waals surface area contributed by atoms with E-state index < -0.39 is 11.6 Å². The van der Waals surface area contributed by atoms with Crippen molar-refractivity contribution in [3.63, 3.8) is 0 Å². The van der Waals surface area contributed by atoms with Crippen LogP contribution in [0.15, 0.2) is 30.3 Å². The second-order valence-electron chi connectivity index (χ2n) is 10.8. The Bertz CT molecular complexity index is 956. The van der Waals surface area contributed by atoms with Crippen LogP contribution in [0.3, 0.4) is 0 Å². The van der Waals surface area contributed by atoms with Crippen molar-refractivity contribution in [2.24, 2.45) is 11.8 Å². The van der Waals surface area contributed by atoms with Gasteiger partial charge in [0.05, 0.1) is 6.61 Å². The van der Waals surface area contributed by atoms with Gasteiger partial charge in [-0.25, -0.2) is 13.2 Å². The zero-order chi connectivity index (χ0) is 24.8. The summed E-state index contributed by atoms with van der Waals surface area (Å²) in [6.45, 7) is 4.63. The number of hydrogen-bond acceptors (Lipinski definition) is 1. The summed E-state index contributed by atoms with van der Waals surface area (Å²) >= 11 is 0. The zero-order valence-electron chi connectivity index (χ0n) is 21.4. The summed E-state index contributed by atoms with van der Waals surface area (Å²) in [6.07, 6.45) is 12.0. The fraction of sp³-hybridized carbons (Fsp3) is 0.613. The SMILES string of the molecule is CCCC1CCC(c2ccc(CCC3CCC(c4ccc(OCC)cc4F)CC3)c(F)c2F)CC1. The summed E-state index contributed by atoms with van der Waals surface area (Å²) in [5, 5.41) is 0. The Labute approximate surface area is 209 Å². The standard InChI is InChI=1S/C31H41F3O/c1-3-5-21-6-13-24(14-7-21)28-18-16-25(30(33)31(28)34)15-10-22-8-11-23(12-9-22)27-19-17-26(35-4-2)20-29(27)32/h16-24H,3-15H2,1-2H3. The van der Waals surface area contributed by atoms with Crippen molar-refractivity contribution in [2.45, 2.75) is 103 Å². The lowest BCUT2D eigenvalue weighted by atomic mass is 9.76. The van der Waals surface area contributed by atoms with Gasteiger partial charge in [0.1, 0.15) is 11.6 Å². The monoisotopic (exact) mass is 486 g/mol. The van der Waals surface area contributed by atoms with E-state index in [-0.39, 0.29) is 17.7 Å². The molecule has 2 aliphatic carbocycles. The summed E-state index contributed by atoms with van der Waals surface area (Å²) in [6, 6.07) is 8.88. The van der Waals surface area contributed by atoms with E-state index in [0.717, 1.165) is 69.3 Å². The number of ether oxygens (including phenoxy) is 1. The summed E-state index contributed by atoms with van der Waals surface area (Å²) in [4.78, 5) is 0. The van der Waals surface area contributed by atoms with Gasteiger partial charge in [0.25, 0.3) is 0 Å². The van der Waals surface area contributed by atoms with Gasteiger partial charge in [0.15, 0.2) is 11.6 Å². The fourth-order valence-corrected chi connectivity index (χ4v) is 6.50. The molecule has 0 N–H and O–H groups in total. The van der Waals surface area contributed by atoms with E-state index >= 15 is 0 Å². The van der Waals surface area contributed by atoms with Crippen molar-refractivity contribution in [2.75, 3.05) is 6.61 Å². The molecule has 0 spiro atoms. The van der Waals surface area contributed by atoms with E-state index in [1.807, 2.05) is 31.2 Å². The fourth-order valence-electron chi connectivity index (χ4n) is 6.50. The molecule has 0 heterocycles. The first-order chi connectivity index (χ1) is 17.0. The Morgan fingerprint density at radius 2 is 1.31 bits per heavy atom. The van der Waals surface area contributed by atoms with Crippen molar-refractivity contribution in [1.29, 1.82) is 0 Å². The molecule has 0 bridgehead atoms. The van der Waals surface area contributed by atoms with Crippen LogP contribution >= 0.6 is 0 Å². The maximum atomic E-state index is 15.0. The van der Waals surface area contributed by atoms with Crippen molar-refractivity contribution in [3.05, 3.63) is 64.5 Å². The molecule has 192 valence electrons. The first kappa shape index (κ1) is 26.1. The van der Waals surface area contributed by atoms with Crippen LogP contribution in [0.25, 0.3) is 0 Å². The molecule has 4 heteroatoms. The van der Waals surface area contributed by atoms with Gasteiger partial charge in [-0.1, -0.05) is 38.0 Å². The molecule has 4 rings (SSSR count). The number of rotatable bonds is 9. The Morgan fingerprint density at radius 3 is 1.91 bits per heavy atom. The number of halogens is 3. The third kappa shape index (κ3) is 6.43. The molecule has 0 aliphatic heterocycles. The van der Waals surface area contributed by atoms with E-state index in [1.165, 1.54) is 18.9 Å². The Kier molecular flexibility index (Phi) is 9.19. The van der Waals surface area contributed by atoms with Crippen LogP contribution in [-0.4, -0.2) is 6.61 Å². The molecule has 2 aromatic rings. The molecule has 0 amide bonds. The normalized spacial score (nSPS) is 24.9. The molecule has 0 aromatic heterocycles. The molecule has 35 heavy (non-hydrogen) atoms. The van der Waals surface area contributed by atoms with Crippen LogP contribution in [-0.2, 0) is 6.42 Å². The topological polar surface area (TPSA) is 9.23 Å². The smallest absolute Gasteiger partial charge is 0.162 e. The third-order valence-corrected chi connectivity index (χ3v) is 8.57. The minimum atomic E-state index is -0.636. The molecule has 0 unspecified atom stereocenters. The summed E-state index contributed by atoms with van der Waals surface area (Å²) in [7, 11) is 0.